The molecule has 0 aliphatic rings. The summed E-state index contributed by atoms with van der Waals surface area (Å²) in [7, 11) is 1.17. The third kappa shape index (κ3) is 3.53. The molecule has 0 spiro atoms. The van der Waals surface area contributed by atoms with Crippen LogP contribution in [0.4, 0.5) is 4.79 Å². The quantitative estimate of drug-likeness (QED) is 0.625. The smallest absolute Gasteiger partial charge is 0.438 e. The Labute approximate surface area is 125 Å². The number of aliphatic hydroxyl groups excluding tert-OH is 1. The lowest BCUT2D eigenvalue weighted by Gasteiger charge is -2.12. The van der Waals surface area contributed by atoms with E-state index < -0.39 is 18.5 Å². The molecule has 0 radical (unpaired) electrons. The van der Waals surface area contributed by atoms with E-state index in [0.717, 1.165) is 0 Å². The van der Waals surface area contributed by atoms with E-state index in [1.165, 1.54) is 11.7 Å². The number of aromatic nitrogens is 2. The number of fused-ring (bicyclic) bond motifs is 1. The van der Waals surface area contributed by atoms with Crippen molar-refractivity contribution in [2.75, 3.05) is 20.5 Å². The van der Waals surface area contributed by atoms with E-state index in [1.807, 2.05) is 0 Å². The Kier molecular flexibility index (Phi) is 5.31. The van der Waals surface area contributed by atoms with Gasteiger partial charge in [0.05, 0.1) is 18.1 Å². The zero-order valence-corrected chi connectivity index (χ0v) is 12.0. The second-order valence-electron chi connectivity index (χ2n) is 4.30. The average molecular weight is 308 g/mol. The van der Waals surface area contributed by atoms with Gasteiger partial charge in [-0.2, -0.15) is 0 Å². The van der Waals surface area contributed by atoms with Crippen molar-refractivity contribution < 1.29 is 24.1 Å². The number of carbonyl (C=O) groups excluding carboxylic acids is 1. The average Bonchev–Trinajstić information content (AvgIpc) is 2.54. The van der Waals surface area contributed by atoms with Crippen LogP contribution in [0.5, 0.6) is 5.88 Å². The van der Waals surface area contributed by atoms with Gasteiger partial charge in [-0.25, -0.2) is 9.78 Å². The second kappa shape index (κ2) is 7.41. The predicted octanol–water partition coefficient (Wildman–Crippen LogP) is 0.898. The van der Waals surface area contributed by atoms with E-state index in [4.69, 9.17) is 9.84 Å². The van der Waals surface area contributed by atoms with Crippen LogP contribution in [-0.2, 0) is 16.0 Å². The van der Waals surface area contributed by atoms with Gasteiger partial charge in [0.2, 0.25) is 6.79 Å². The van der Waals surface area contributed by atoms with Gasteiger partial charge in [-0.15, -0.1) is 0 Å². The van der Waals surface area contributed by atoms with Gasteiger partial charge in [0.25, 0.3) is 5.88 Å². The van der Waals surface area contributed by atoms with Crippen LogP contribution in [0.15, 0.2) is 29.1 Å². The van der Waals surface area contributed by atoms with E-state index in [0.29, 0.717) is 24.0 Å². The highest BCUT2D eigenvalue weighted by Gasteiger charge is 2.12. The fraction of sp³-hybridized carbons (Fsp3) is 0.357. The molecule has 0 unspecified atom stereocenters. The van der Waals surface area contributed by atoms with E-state index in [1.54, 1.807) is 24.3 Å². The highest BCUT2D eigenvalue weighted by Crippen LogP contribution is 2.13. The highest BCUT2D eigenvalue weighted by atomic mass is 16.8. The number of nitrogens with zero attached hydrogens (tertiary/aromatic N) is 2. The summed E-state index contributed by atoms with van der Waals surface area (Å²) in [5.74, 6) is -0.180. The monoisotopic (exact) mass is 308 g/mol. The van der Waals surface area contributed by atoms with Crippen molar-refractivity contribution in [1.29, 1.82) is 0 Å². The maximum absolute atomic E-state index is 12.4. The lowest BCUT2D eigenvalue weighted by molar-refractivity contribution is 0.0126. The Bertz CT molecular complexity index is 712. The standard InChI is InChI=1S/C14H16N2O6/c1-20-14(19)22-9-21-12-13(18)16(7-4-8-17)11-6-3-2-5-10(11)15-12/h2-3,5-6,17H,4,7-9H2,1H3. The minimum Gasteiger partial charge on any atom is -0.438 e. The Hall–Kier alpha value is -2.61. The van der Waals surface area contributed by atoms with Crippen LogP contribution in [0.25, 0.3) is 11.0 Å². The Morgan fingerprint density at radius 3 is 2.86 bits per heavy atom. The number of rotatable bonds is 6. The molecule has 0 fully saturated rings. The molecule has 8 nitrogen and oxygen atoms in total. The minimum atomic E-state index is -0.915. The largest absolute Gasteiger partial charge is 0.510 e. The maximum atomic E-state index is 12.4. The number of methoxy groups -OCH3 is 1. The SMILES string of the molecule is COC(=O)OCOc1nc2ccccc2n(CCCO)c1=O. The molecule has 1 N–H and O–H groups in total. The van der Waals surface area contributed by atoms with Gasteiger partial charge < -0.3 is 23.9 Å². The Morgan fingerprint density at radius 1 is 1.36 bits per heavy atom. The number of para-hydroxylation sites is 2. The zero-order chi connectivity index (χ0) is 15.9. The third-order valence-electron chi connectivity index (χ3n) is 2.90. The van der Waals surface area contributed by atoms with Gasteiger partial charge in [0.15, 0.2) is 0 Å². The molecular weight excluding hydrogens is 292 g/mol. The summed E-state index contributed by atoms with van der Waals surface area (Å²) in [5.41, 5.74) is 0.746. The Balaban J connectivity index is 2.31. The second-order valence-corrected chi connectivity index (χ2v) is 4.30. The summed E-state index contributed by atoms with van der Waals surface area (Å²) in [6.07, 6.45) is -0.493. The fourth-order valence-corrected chi connectivity index (χ4v) is 1.91. The molecule has 118 valence electrons. The minimum absolute atomic E-state index is 0.0370. The highest BCUT2D eigenvalue weighted by molar-refractivity contribution is 5.75. The molecule has 0 atom stereocenters. The van der Waals surface area contributed by atoms with Crippen molar-refractivity contribution in [2.45, 2.75) is 13.0 Å². The summed E-state index contributed by atoms with van der Waals surface area (Å²) in [5, 5.41) is 8.96. The van der Waals surface area contributed by atoms with Crippen LogP contribution in [0.2, 0.25) is 0 Å². The molecule has 22 heavy (non-hydrogen) atoms. The molecule has 1 heterocycles. The first kappa shape index (κ1) is 15.8. The molecule has 0 saturated heterocycles. The number of hydrogen-bond acceptors (Lipinski definition) is 7. The van der Waals surface area contributed by atoms with Gasteiger partial charge in [-0.1, -0.05) is 12.1 Å². The number of aryl methyl sites for hydroxylation is 1. The van der Waals surface area contributed by atoms with Crippen molar-refractivity contribution in [2.24, 2.45) is 0 Å². The topological polar surface area (TPSA) is 99.9 Å². The van der Waals surface area contributed by atoms with Crippen molar-refractivity contribution in [1.82, 2.24) is 9.55 Å². The molecule has 0 saturated carbocycles. The molecule has 1 aromatic carbocycles. The lowest BCUT2D eigenvalue weighted by Crippen LogP contribution is -2.25. The molecule has 0 aliphatic heterocycles. The molecule has 2 aromatic rings. The van der Waals surface area contributed by atoms with Gasteiger partial charge in [-0.3, -0.25) is 4.79 Å². The van der Waals surface area contributed by atoms with Crippen LogP contribution >= 0.6 is 0 Å². The van der Waals surface area contributed by atoms with E-state index >= 15 is 0 Å². The number of aliphatic hydroxyl groups is 1. The first-order chi connectivity index (χ1) is 10.7. The van der Waals surface area contributed by atoms with Crippen LogP contribution in [0, 0.1) is 0 Å². The number of carbonyl (C=O) groups is 1. The summed E-state index contributed by atoms with van der Waals surface area (Å²) in [6.45, 7) is -0.190. The van der Waals surface area contributed by atoms with Gasteiger partial charge in [0, 0.05) is 13.2 Å². The maximum Gasteiger partial charge on any atom is 0.510 e. The molecular formula is C14H16N2O6. The number of hydrogen-bond donors (Lipinski definition) is 1. The summed E-state index contributed by atoms with van der Waals surface area (Å²) >= 11 is 0. The lowest BCUT2D eigenvalue weighted by atomic mass is 10.3. The van der Waals surface area contributed by atoms with Crippen LogP contribution in [0.3, 0.4) is 0 Å². The van der Waals surface area contributed by atoms with Crippen molar-refractivity contribution in [3.63, 3.8) is 0 Å². The third-order valence-corrected chi connectivity index (χ3v) is 2.90. The van der Waals surface area contributed by atoms with Crippen LogP contribution in [-0.4, -0.2) is 41.3 Å². The molecule has 0 amide bonds. The molecule has 8 heteroatoms. The fourth-order valence-electron chi connectivity index (χ4n) is 1.91. The van der Waals surface area contributed by atoms with Crippen molar-refractivity contribution in [3.05, 3.63) is 34.6 Å². The normalized spacial score (nSPS) is 10.5. The molecule has 0 aliphatic carbocycles. The number of benzene rings is 1. The summed E-state index contributed by atoms with van der Waals surface area (Å²) in [4.78, 5) is 27.3. The van der Waals surface area contributed by atoms with Gasteiger partial charge >= 0.3 is 11.7 Å². The van der Waals surface area contributed by atoms with Crippen molar-refractivity contribution >= 4 is 17.2 Å². The number of ether oxygens (including phenoxy) is 3. The summed E-state index contributed by atoms with van der Waals surface area (Å²) < 4.78 is 15.4. The summed E-state index contributed by atoms with van der Waals surface area (Å²) in [6, 6.07) is 7.07. The van der Waals surface area contributed by atoms with Crippen LogP contribution in [0.1, 0.15) is 6.42 Å². The Morgan fingerprint density at radius 2 is 2.14 bits per heavy atom. The molecule has 2 rings (SSSR count). The van der Waals surface area contributed by atoms with Gasteiger partial charge in [-0.05, 0) is 18.6 Å². The first-order valence-corrected chi connectivity index (χ1v) is 6.61. The van der Waals surface area contributed by atoms with E-state index in [9.17, 15) is 9.59 Å². The van der Waals surface area contributed by atoms with E-state index in [2.05, 4.69) is 14.5 Å². The first-order valence-electron chi connectivity index (χ1n) is 6.61. The van der Waals surface area contributed by atoms with Crippen molar-refractivity contribution in [3.8, 4) is 5.88 Å². The molecule has 0 bridgehead atoms. The van der Waals surface area contributed by atoms with Crippen LogP contribution < -0.4 is 10.3 Å². The van der Waals surface area contributed by atoms with Gasteiger partial charge in [0.1, 0.15) is 0 Å². The molecule has 1 aromatic heterocycles. The predicted molar refractivity (Wildman–Crippen MR) is 76.7 cm³/mol. The zero-order valence-electron chi connectivity index (χ0n) is 12.0. The van der Waals surface area contributed by atoms with E-state index in [-0.39, 0.29) is 12.5 Å².